The Bertz CT molecular complexity index is 835. The first-order valence-electron chi connectivity index (χ1n) is 10.2. The van der Waals surface area contributed by atoms with Gasteiger partial charge in [0.2, 0.25) is 0 Å². The van der Waals surface area contributed by atoms with Gasteiger partial charge in [-0.2, -0.15) is 0 Å². The lowest BCUT2D eigenvalue weighted by Crippen LogP contribution is -2.14. The van der Waals surface area contributed by atoms with Gasteiger partial charge in [-0.05, 0) is 49.4 Å². The molecular weight excluding hydrogens is 368 g/mol. The van der Waals surface area contributed by atoms with Crippen molar-refractivity contribution in [2.24, 2.45) is 0 Å². The summed E-state index contributed by atoms with van der Waals surface area (Å²) in [6.07, 6.45) is 6.31. The molecule has 0 aromatic heterocycles. The molecule has 0 saturated heterocycles. The summed E-state index contributed by atoms with van der Waals surface area (Å²) < 4.78 is 15.9. The Kier molecular flexibility index (Phi) is 7.28. The lowest BCUT2D eigenvalue weighted by molar-refractivity contribution is 0.0474. The summed E-state index contributed by atoms with van der Waals surface area (Å²) in [5.74, 6) is 0.819. The minimum absolute atomic E-state index is 0.216. The zero-order valence-corrected chi connectivity index (χ0v) is 17.1. The number of esters is 1. The molecule has 154 valence electrons. The van der Waals surface area contributed by atoms with Crippen molar-refractivity contribution in [3.05, 3.63) is 59.2 Å². The van der Waals surface area contributed by atoms with Gasteiger partial charge in [0, 0.05) is 5.56 Å². The van der Waals surface area contributed by atoms with Gasteiger partial charge in [0.15, 0.2) is 23.9 Å². The molecule has 0 heterocycles. The van der Waals surface area contributed by atoms with E-state index in [4.69, 9.17) is 14.2 Å². The van der Waals surface area contributed by atoms with Crippen LogP contribution in [0.4, 0.5) is 0 Å². The molecule has 1 saturated carbocycles. The molecule has 0 unspecified atom stereocenters. The van der Waals surface area contributed by atoms with Crippen LogP contribution in [0.5, 0.6) is 11.5 Å². The van der Waals surface area contributed by atoms with Crippen molar-refractivity contribution in [3.63, 3.8) is 0 Å². The van der Waals surface area contributed by atoms with E-state index in [2.05, 4.69) is 0 Å². The average Bonchev–Trinajstić information content (AvgIpc) is 2.78. The Morgan fingerprint density at radius 2 is 1.62 bits per heavy atom. The van der Waals surface area contributed by atoms with Crippen molar-refractivity contribution in [3.8, 4) is 11.5 Å². The number of Topliss-reactive ketones (excluding diaryl/α,β-unsaturated/α-hetero) is 1. The average molecular weight is 396 g/mol. The Balaban J connectivity index is 1.58. The van der Waals surface area contributed by atoms with E-state index in [0.29, 0.717) is 35.2 Å². The van der Waals surface area contributed by atoms with Crippen LogP contribution in [0.1, 0.15) is 71.2 Å². The Morgan fingerprint density at radius 1 is 0.931 bits per heavy atom. The summed E-state index contributed by atoms with van der Waals surface area (Å²) in [6, 6.07) is 12.5. The van der Waals surface area contributed by atoms with Crippen molar-refractivity contribution < 1.29 is 23.8 Å². The number of ketones is 1. The molecule has 2 aromatic rings. The molecule has 29 heavy (non-hydrogen) atoms. The van der Waals surface area contributed by atoms with E-state index < -0.39 is 5.97 Å². The highest BCUT2D eigenvalue weighted by atomic mass is 16.5. The van der Waals surface area contributed by atoms with E-state index >= 15 is 0 Å². The van der Waals surface area contributed by atoms with Crippen LogP contribution in [-0.4, -0.2) is 32.1 Å². The molecule has 0 N–H and O–H groups in total. The minimum Gasteiger partial charge on any atom is -0.493 e. The first-order chi connectivity index (χ1) is 14.1. The third-order valence-electron chi connectivity index (χ3n) is 5.34. The maximum atomic E-state index is 12.4. The third-order valence-corrected chi connectivity index (χ3v) is 5.34. The van der Waals surface area contributed by atoms with Crippen molar-refractivity contribution in [1.29, 1.82) is 0 Å². The molecule has 0 spiro atoms. The summed E-state index contributed by atoms with van der Waals surface area (Å²) in [6.45, 7) is 2.00. The molecule has 0 radical (unpaired) electrons. The highest BCUT2D eigenvalue weighted by molar-refractivity contribution is 5.99. The fraction of sp³-hybridized carbons (Fsp3) is 0.417. The van der Waals surface area contributed by atoms with Gasteiger partial charge in [0.1, 0.15) is 0 Å². The van der Waals surface area contributed by atoms with Gasteiger partial charge in [-0.3, -0.25) is 4.79 Å². The highest BCUT2D eigenvalue weighted by Gasteiger charge is 2.17. The second kappa shape index (κ2) is 10.1. The van der Waals surface area contributed by atoms with E-state index in [1.807, 2.05) is 31.2 Å². The van der Waals surface area contributed by atoms with Gasteiger partial charge < -0.3 is 14.2 Å². The molecule has 2 aromatic carbocycles. The quantitative estimate of drug-likeness (QED) is 0.454. The molecule has 1 aliphatic carbocycles. The number of hydrogen-bond donors (Lipinski definition) is 0. The monoisotopic (exact) mass is 396 g/mol. The molecule has 0 aliphatic heterocycles. The topological polar surface area (TPSA) is 61.8 Å². The van der Waals surface area contributed by atoms with E-state index in [9.17, 15) is 9.59 Å². The standard InChI is InChI=1S/C24H28O5/c1-3-28-23-15-20(13-14-22(23)27-2)24(26)29-16-21(25)19-11-9-18(10-12-19)17-7-5-4-6-8-17/h9-15,17H,3-8,16H2,1-2H3. The van der Waals surface area contributed by atoms with Crippen LogP contribution in [0.15, 0.2) is 42.5 Å². The molecule has 5 heteroatoms. The van der Waals surface area contributed by atoms with Crippen LogP contribution in [0.2, 0.25) is 0 Å². The summed E-state index contributed by atoms with van der Waals surface area (Å²) in [7, 11) is 1.54. The van der Waals surface area contributed by atoms with Crippen LogP contribution in [-0.2, 0) is 4.74 Å². The lowest BCUT2D eigenvalue weighted by atomic mass is 9.84. The normalized spacial score (nSPS) is 14.3. The third kappa shape index (κ3) is 5.37. The first kappa shape index (κ1) is 20.9. The Hall–Kier alpha value is -2.82. The number of methoxy groups -OCH3 is 1. The molecule has 1 aliphatic rings. The zero-order valence-electron chi connectivity index (χ0n) is 17.1. The van der Waals surface area contributed by atoms with Crippen molar-refractivity contribution in [1.82, 2.24) is 0 Å². The highest BCUT2D eigenvalue weighted by Crippen LogP contribution is 2.32. The SMILES string of the molecule is CCOc1cc(C(=O)OCC(=O)c2ccc(C3CCCCC3)cc2)ccc1OC. The fourth-order valence-electron chi connectivity index (χ4n) is 3.75. The molecule has 0 amide bonds. The molecule has 0 bridgehead atoms. The second-order valence-electron chi connectivity index (χ2n) is 7.25. The summed E-state index contributed by atoms with van der Waals surface area (Å²) in [4.78, 5) is 24.7. The number of hydrogen-bond acceptors (Lipinski definition) is 5. The molecule has 3 rings (SSSR count). The molecular formula is C24H28O5. The number of ether oxygens (including phenoxy) is 3. The maximum absolute atomic E-state index is 12.4. The van der Waals surface area contributed by atoms with Gasteiger partial charge >= 0.3 is 5.97 Å². The Morgan fingerprint density at radius 3 is 2.28 bits per heavy atom. The number of carbonyl (C=O) groups is 2. The van der Waals surface area contributed by atoms with Crippen LogP contribution < -0.4 is 9.47 Å². The van der Waals surface area contributed by atoms with Crippen LogP contribution in [0.25, 0.3) is 0 Å². The number of benzene rings is 2. The molecule has 1 fully saturated rings. The van der Waals surface area contributed by atoms with Crippen LogP contribution in [0.3, 0.4) is 0 Å². The lowest BCUT2D eigenvalue weighted by Gasteiger charge is -2.22. The fourth-order valence-corrected chi connectivity index (χ4v) is 3.75. The largest absolute Gasteiger partial charge is 0.493 e. The second-order valence-corrected chi connectivity index (χ2v) is 7.25. The minimum atomic E-state index is -0.569. The van der Waals surface area contributed by atoms with Crippen molar-refractivity contribution in [2.45, 2.75) is 44.9 Å². The van der Waals surface area contributed by atoms with Crippen LogP contribution in [0, 0.1) is 0 Å². The molecule has 0 atom stereocenters. The van der Waals surface area contributed by atoms with E-state index in [-0.39, 0.29) is 12.4 Å². The summed E-state index contributed by atoms with van der Waals surface area (Å²) in [5, 5.41) is 0. The Labute approximate surface area is 172 Å². The van der Waals surface area contributed by atoms with Crippen molar-refractivity contribution in [2.75, 3.05) is 20.3 Å². The van der Waals surface area contributed by atoms with Gasteiger partial charge in [0.05, 0.1) is 19.3 Å². The summed E-state index contributed by atoms with van der Waals surface area (Å²) >= 11 is 0. The van der Waals surface area contributed by atoms with Gasteiger partial charge in [-0.15, -0.1) is 0 Å². The number of rotatable bonds is 8. The molecule has 5 nitrogen and oxygen atoms in total. The first-order valence-corrected chi connectivity index (χ1v) is 10.2. The number of carbonyl (C=O) groups excluding carboxylic acids is 2. The van der Waals surface area contributed by atoms with Gasteiger partial charge in [-0.1, -0.05) is 43.5 Å². The zero-order chi connectivity index (χ0) is 20.6. The van der Waals surface area contributed by atoms with Crippen molar-refractivity contribution >= 4 is 11.8 Å². The maximum Gasteiger partial charge on any atom is 0.338 e. The smallest absolute Gasteiger partial charge is 0.338 e. The van der Waals surface area contributed by atoms with Crippen LogP contribution >= 0.6 is 0 Å². The van der Waals surface area contributed by atoms with Gasteiger partial charge in [-0.25, -0.2) is 4.79 Å². The summed E-state index contributed by atoms with van der Waals surface area (Å²) in [5.41, 5.74) is 2.16. The predicted molar refractivity (Wildman–Crippen MR) is 111 cm³/mol. The van der Waals surface area contributed by atoms with E-state index in [0.717, 1.165) is 0 Å². The van der Waals surface area contributed by atoms with Gasteiger partial charge in [0.25, 0.3) is 0 Å². The van der Waals surface area contributed by atoms with E-state index in [1.54, 1.807) is 18.2 Å². The predicted octanol–water partition coefficient (Wildman–Crippen LogP) is 5.18. The van der Waals surface area contributed by atoms with E-state index in [1.165, 1.54) is 44.8 Å².